The molecule has 1 aromatic heterocycles. The van der Waals surface area contributed by atoms with Crippen molar-refractivity contribution in [3.63, 3.8) is 0 Å². The number of nitrogens with zero attached hydrogens (tertiary/aromatic N) is 3. The van der Waals surface area contributed by atoms with Gasteiger partial charge in [-0.05, 0) is 12.1 Å². The highest BCUT2D eigenvalue weighted by atomic mass is 35.5. The summed E-state index contributed by atoms with van der Waals surface area (Å²) in [4.78, 5) is 23.7. The summed E-state index contributed by atoms with van der Waals surface area (Å²) in [5.41, 5.74) is 5.09. The van der Waals surface area contributed by atoms with Crippen LogP contribution in [0.4, 0.5) is 10.2 Å². The fourth-order valence-electron chi connectivity index (χ4n) is 1.52. The van der Waals surface area contributed by atoms with Crippen LogP contribution in [0, 0.1) is 5.82 Å². The molecular formula is C12H6Cl3FN4O2. The Labute approximate surface area is 138 Å². The normalized spacial score (nSPS) is 10.4. The number of nitrogen functional groups attached to an aromatic ring is 1. The minimum atomic E-state index is -1.02. The SMILES string of the molecule is C=NOC(=O)c1nc(-c2ccc(Cl)c(Cl)c2F)nc(N)c1Cl. The van der Waals surface area contributed by atoms with E-state index in [2.05, 4.69) is 26.7 Å². The van der Waals surface area contributed by atoms with Crippen molar-refractivity contribution in [2.75, 3.05) is 5.73 Å². The van der Waals surface area contributed by atoms with Gasteiger partial charge in [-0.1, -0.05) is 40.0 Å². The third-order valence-electron chi connectivity index (χ3n) is 2.49. The molecule has 0 aliphatic carbocycles. The molecule has 0 bridgehead atoms. The predicted molar refractivity (Wildman–Crippen MR) is 81.8 cm³/mol. The van der Waals surface area contributed by atoms with E-state index in [0.717, 1.165) is 0 Å². The molecule has 0 unspecified atom stereocenters. The Bertz CT molecular complexity index is 785. The van der Waals surface area contributed by atoms with Crippen molar-refractivity contribution in [2.45, 2.75) is 0 Å². The lowest BCUT2D eigenvalue weighted by molar-refractivity contribution is 0.0514. The minimum Gasteiger partial charge on any atom is -0.382 e. The van der Waals surface area contributed by atoms with Crippen molar-refractivity contribution in [2.24, 2.45) is 5.16 Å². The number of halogens is 4. The second-order valence-electron chi connectivity index (χ2n) is 3.83. The number of oxime groups is 1. The van der Waals surface area contributed by atoms with Crippen LogP contribution in [0.25, 0.3) is 11.4 Å². The monoisotopic (exact) mass is 362 g/mol. The summed E-state index contributed by atoms with van der Waals surface area (Å²) >= 11 is 17.2. The fraction of sp³-hybridized carbons (Fsp3) is 0. The summed E-state index contributed by atoms with van der Waals surface area (Å²) in [6.07, 6.45) is 0. The van der Waals surface area contributed by atoms with Gasteiger partial charge in [0.05, 0.1) is 15.6 Å². The number of aromatic nitrogens is 2. The van der Waals surface area contributed by atoms with Crippen LogP contribution in [0.2, 0.25) is 15.1 Å². The second kappa shape index (κ2) is 6.43. The Kier molecular flexibility index (Phi) is 4.80. The summed E-state index contributed by atoms with van der Waals surface area (Å²) in [5.74, 6) is -2.34. The average Bonchev–Trinajstić information content (AvgIpc) is 2.48. The maximum Gasteiger partial charge on any atom is 0.385 e. The Morgan fingerprint density at radius 3 is 2.59 bits per heavy atom. The van der Waals surface area contributed by atoms with Gasteiger partial charge in [0.2, 0.25) is 0 Å². The van der Waals surface area contributed by atoms with Crippen LogP contribution in [-0.2, 0) is 4.84 Å². The van der Waals surface area contributed by atoms with Crippen molar-refractivity contribution >= 4 is 53.3 Å². The lowest BCUT2D eigenvalue weighted by Gasteiger charge is -2.08. The Morgan fingerprint density at radius 2 is 1.95 bits per heavy atom. The van der Waals surface area contributed by atoms with Crippen LogP contribution in [0.1, 0.15) is 10.5 Å². The quantitative estimate of drug-likeness (QED) is 0.389. The molecule has 0 fully saturated rings. The zero-order valence-electron chi connectivity index (χ0n) is 10.6. The molecule has 1 aromatic carbocycles. The highest BCUT2D eigenvalue weighted by Gasteiger charge is 2.22. The molecule has 0 aliphatic rings. The zero-order chi connectivity index (χ0) is 16.4. The van der Waals surface area contributed by atoms with Crippen LogP contribution in [0.15, 0.2) is 17.3 Å². The van der Waals surface area contributed by atoms with E-state index in [4.69, 9.17) is 40.5 Å². The maximum absolute atomic E-state index is 14.1. The van der Waals surface area contributed by atoms with Gasteiger partial charge in [-0.2, -0.15) is 0 Å². The first-order valence-corrected chi connectivity index (χ1v) is 6.64. The molecule has 0 saturated carbocycles. The summed E-state index contributed by atoms with van der Waals surface area (Å²) in [7, 11) is 0. The summed E-state index contributed by atoms with van der Waals surface area (Å²) in [6, 6.07) is 2.63. The van der Waals surface area contributed by atoms with E-state index in [1.165, 1.54) is 12.1 Å². The van der Waals surface area contributed by atoms with E-state index >= 15 is 0 Å². The van der Waals surface area contributed by atoms with Gasteiger partial charge in [0.1, 0.15) is 10.8 Å². The van der Waals surface area contributed by atoms with Crippen LogP contribution in [-0.4, -0.2) is 22.7 Å². The van der Waals surface area contributed by atoms with Crippen molar-refractivity contribution in [1.82, 2.24) is 9.97 Å². The van der Waals surface area contributed by atoms with Crippen LogP contribution in [0.5, 0.6) is 0 Å². The molecule has 114 valence electrons. The van der Waals surface area contributed by atoms with Crippen LogP contribution >= 0.6 is 34.8 Å². The molecule has 2 N–H and O–H groups in total. The number of hydrogen-bond donors (Lipinski definition) is 1. The number of nitrogens with two attached hydrogens (primary N) is 1. The van der Waals surface area contributed by atoms with Gasteiger partial charge in [-0.25, -0.2) is 19.2 Å². The molecule has 0 spiro atoms. The summed E-state index contributed by atoms with van der Waals surface area (Å²) in [6.45, 7) is 2.99. The molecule has 2 aromatic rings. The smallest absolute Gasteiger partial charge is 0.382 e. The number of benzene rings is 1. The van der Waals surface area contributed by atoms with Gasteiger partial charge in [0.15, 0.2) is 17.3 Å². The van der Waals surface area contributed by atoms with Crippen LogP contribution < -0.4 is 5.73 Å². The van der Waals surface area contributed by atoms with E-state index in [1.54, 1.807) is 0 Å². The van der Waals surface area contributed by atoms with Gasteiger partial charge in [-0.3, -0.25) is 0 Å². The molecule has 0 radical (unpaired) electrons. The van der Waals surface area contributed by atoms with Gasteiger partial charge in [-0.15, -0.1) is 0 Å². The molecule has 2 rings (SSSR count). The predicted octanol–water partition coefficient (Wildman–Crippen LogP) is 3.60. The van der Waals surface area contributed by atoms with E-state index in [9.17, 15) is 9.18 Å². The van der Waals surface area contributed by atoms with Gasteiger partial charge in [0.25, 0.3) is 0 Å². The Hall–Kier alpha value is -1.96. The van der Waals surface area contributed by atoms with E-state index < -0.39 is 11.8 Å². The standard InChI is InChI=1S/C12H6Cl3FN4O2/c1-18-22-12(21)9-7(15)10(17)20-11(19-9)4-2-3-5(13)6(14)8(4)16/h2-3H,1H2,(H2,17,19,20). The third-order valence-corrected chi connectivity index (χ3v) is 3.65. The molecule has 0 saturated heterocycles. The minimum absolute atomic E-state index is 0.0142. The maximum atomic E-state index is 14.1. The molecule has 22 heavy (non-hydrogen) atoms. The van der Waals surface area contributed by atoms with Crippen molar-refractivity contribution in [3.05, 3.63) is 38.7 Å². The summed E-state index contributed by atoms with van der Waals surface area (Å²) < 4.78 is 14.1. The van der Waals surface area contributed by atoms with Crippen molar-refractivity contribution in [1.29, 1.82) is 0 Å². The zero-order valence-corrected chi connectivity index (χ0v) is 12.9. The lowest BCUT2D eigenvalue weighted by atomic mass is 10.2. The average molecular weight is 364 g/mol. The molecule has 0 atom stereocenters. The molecule has 10 heteroatoms. The van der Waals surface area contributed by atoms with E-state index in [0.29, 0.717) is 0 Å². The van der Waals surface area contributed by atoms with Gasteiger partial charge >= 0.3 is 5.97 Å². The van der Waals surface area contributed by atoms with Crippen LogP contribution in [0.3, 0.4) is 0 Å². The van der Waals surface area contributed by atoms with Crippen molar-refractivity contribution in [3.8, 4) is 11.4 Å². The Morgan fingerprint density at radius 1 is 1.27 bits per heavy atom. The van der Waals surface area contributed by atoms with E-state index in [1.807, 2.05) is 0 Å². The molecule has 0 amide bonds. The molecule has 1 heterocycles. The Balaban J connectivity index is 2.65. The summed E-state index contributed by atoms with van der Waals surface area (Å²) in [5, 5.41) is 2.41. The number of hydrogen-bond acceptors (Lipinski definition) is 6. The third kappa shape index (κ3) is 2.96. The van der Waals surface area contributed by atoms with Gasteiger partial charge < -0.3 is 10.6 Å². The first kappa shape index (κ1) is 16.4. The number of carbonyl (C=O) groups excluding carboxylic acids is 1. The lowest BCUT2D eigenvalue weighted by Crippen LogP contribution is -2.10. The number of carbonyl (C=O) groups is 1. The fourth-order valence-corrected chi connectivity index (χ4v) is 1.99. The first-order chi connectivity index (χ1) is 10.4. The van der Waals surface area contributed by atoms with Crippen molar-refractivity contribution < 1.29 is 14.0 Å². The second-order valence-corrected chi connectivity index (χ2v) is 4.99. The first-order valence-electron chi connectivity index (χ1n) is 5.51. The highest BCUT2D eigenvalue weighted by molar-refractivity contribution is 6.42. The van der Waals surface area contributed by atoms with E-state index in [-0.39, 0.29) is 38.0 Å². The molecular weight excluding hydrogens is 358 g/mol. The molecule has 0 aliphatic heterocycles. The number of rotatable bonds is 3. The number of anilines is 1. The molecule has 6 nitrogen and oxygen atoms in total. The topological polar surface area (TPSA) is 90.5 Å². The highest BCUT2D eigenvalue weighted by Crippen LogP contribution is 2.33. The van der Waals surface area contributed by atoms with Gasteiger partial charge in [0, 0.05) is 6.72 Å². The largest absolute Gasteiger partial charge is 0.385 e.